The topological polar surface area (TPSA) is 73.6 Å². The highest BCUT2D eigenvalue weighted by molar-refractivity contribution is 5.87. The van der Waals surface area contributed by atoms with Crippen LogP contribution in [0.15, 0.2) is 18.2 Å². The van der Waals surface area contributed by atoms with Crippen LogP contribution >= 0.6 is 0 Å². The number of ether oxygens (including phenoxy) is 2. The third-order valence-corrected chi connectivity index (χ3v) is 3.63. The Hall–Kier alpha value is -1.75. The minimum Gasteiger partial charge on any atom is -0.497 e. The van der Waals surface area contributed by atoms with E-state index < -0.39 is 5.54 Å². The Bertz CT molecular complexity index is 470. The first-order chi connectivity index (χ1) is 9.09. The lowest BCUT2D eigenvalue weighted by Gasteiger charge is -2.36. The fourth-order valence-corrected chi connectivity index (χ4v) is 2.13. The molecule has 0 radical (unpaired) electrons. The van der Waals surface area contributed by atoms with E-state index in [0.29, 0.717) is 12.3 Å². The minimum absolute atomic E-state index is 0.0865. The van der Waals surface area contributed by atoms with Crippen LogP contribution in [0.25, 0.3) is 0 Å². The monoisotopic (exact) mass is 264 g/mol. The normalized spacial score (nSPS) is 16.4. The summed E-state index contributed by atoms with van der Waals surface area (Å²) in [5.41, 5.74) is 6.20. The number of rotatable bonds is 5. The number of carbonyl (C=O) groups is 1. The van der Waals surface area contributed by atoms with Crippen molar-refractivity contribution in [3.63, 3.8) is 0 Å². The molecule has 1 aliphatic rings. The average molecular weight is 264 g/mol. The SMILES string of the molecule is COc1ccc(CNC(=O)C2(N)CCC2)c(OC)c1. The number of hydrogen-bond donors (Lipinski definition) is 2. The highest BCUT2D eigenvalue weighted by atomic mass is 16.5. The van der Waals surface area contributed by atoms with E-state index in [4.69, 9.17) is 15.2 Å². The van der Waals surface area contributed by atoms with Crippen molar-refractivity contribution in [3.8, 4) is 11.5 Å². The fourth-order valence-electron chi connectivity index (χ4n) is 2.13. The maximum atomic E-state index is 11.9. The summed E-state index contributed by atoms with van der Waals surface area (Å²) in [6.45, 7) is 0.408. The molecule has 0 saturated heterocycles. The van der Waals surface area contributed by atoms with Gasteiger partial charge in [-0.2, -0.15) is 0 Å². The first-order valence-corrected chi connectivity index (χ1v) is 6.37. The summed E-state index contributed by atoms with van der Waals surface area (Å²) in [5, 5.41) is 2.87. The zero-order valence-corrected chi connectivity index (χ0v) is 11.4. The van der Waals surface area contributed by atoms with Crippen molar-refractivity contribution in [1.82, 2.24) is 5.32 Å². The molecule has 0 unspecified atom stereocenters. The molecule has 1 aromatic rings. The molecule has 19 heavy (non-hydrogen) atoms. The third-order valence-electron chi connectivity index (χ3n) is 3.63. The van der Waals surface area contributed by atoms with Crippen molar-refractivity contribution in [2.75, 3.05) is 14.2 Å². The van der Waals surface area contributed by atoms with E-state index in [1.807, 2.05) is 12.1 Å². The minimum atomic E-state index is -0.667. The summed E-state index contributed by atoms with van der Waals surface area (Å²) in [5.74, 6) is 1.33. The van der Waals surface area contributed by atoms with Crippen molar-refractivity contribution >= 4 is 5.91 Å². The number of nitrogens with one attached hydrogen (secondary N) is 1. The summed E-state index contributed by atoms with van der Waals surface area (Å²) >= 11 is 0. The number of hydrogen-bond acceptors (Lipinski definition) is 4. The maximum absolute atomic E-state index is 11.9. The standard InChI is InChI=1S/C14H20N2O3/c1-18-11-5-4-10(12(8-11)19-2)9-16-13(17)14(15)6-3-7-14/h4-5,8H,3,6-7,9,15H2,1-2H3,(H,16,17). The Balaban J connectivity index is 2.01. The highest BCUT2D eigenvalue weighted by Crippen LogP contribution is 2.29. The van der Waals surface area contributed by atoms with E-state index in [1.54, 1.807) is 20.3 Å². The van der Waals surface area contributed by atoms with E-state index in [-0.39, 0.29) is 5.91 Å². The van der Waals surface area contributed by atoms with Gasteiger partial charge in [0, 0.05) is 18.2 Å². The molecule has 1 saturated carbocycles. The molecule has 3 N–H and O–H groups in total. The van der Waals surface area contributed by atoms with E-state index >= 15 is 0 Å². The second kappa shape index (κ2) is 5.48. The van der Waals surface area contributed by atoms with Gasteiger partial charge in [-0.1, -0.05) is 0 Å². The lowest BCUT2D eigenvalue weighted by molar-refractivity contribution is -0.129. The van der Waals surface area contributed by atoms with Crippen molar-refractivity contribution in [1.29, 1.82) is 0 Å². The first kappa shape index (κ1) is 13.7. The lowest BCUT2D eigenvalue weighted by Crippen LogP contribution is -2.58. The molecule has 0 spiro atoms. The van der Waals surface area contributed by atoms with E-state index in [9.17, 15) is 4.79 Å². The van der Waals surface area contributed by atoms with Crippen LogP contribution in [0.3, 0.4) is 0 Å². The molecule has 2 rings (SSSR count). The molecule has 5 nitrogen and oxygen atoms in total. The van der Waals surface area contributed by atoms with Crippen LogP contribution < -0.4 is 20.5 Å². The summed E-state index contributed by atoms with van der Waals surface area (Å²) in [4.78, 5) is 11.9. The second-order valence-electron chi connectivity index (χ2n) is 4.87. The molecule has 1 amide bonds. The molecular formula is C14H20N2O3. The number of carbonyl (C=O) groups excluding carboxylic acids is 1. The summed E-state index contributed by atoms with van der Waals surface area (Å²) in [6.07, 6.45) is 2.55. The van der Waals surface area contributed by atoms with Crippen LogP contribution in [-0.2, 0) is 11.3 Å². The van der Waals surface area contributed by atoms with Gasteiger partial charge in [-0.15, -0.1) is 0 Å². The Kier molecular flexibility index (Phi) is 3.95. The number of nitrogens with two attached hydrogens (primary N) is 1. The van der Waals surface area contributed by atoms with Crippen LogP contribution in [0.2, 0.25) is 0 Å². The molecule has 1 fully saturated rings. The number of methoxy groups -OCH3 is 2. The van der Waals surface area contributed by atoms with Crippen LogP contribution in [0, 0.1) is 0 Å². The van der Waals surface area contributed by atoms with Gasteiger partial charge in [0.25, 0.3) is 0 Å². The Morgan fingerprint density at radius 2 is 2.11 bits per heavy atom. The largest absolute Gasteiger partial charge is 0.497 e. The van der Waals surface area contributed by atoms with Gasteiger partial charge >= 0.3 is 0 Å². The predicted molar refractivity (Wildman–Crippen MR) is 72.2 cm³/mol. The van der Waals surface area contributed by atoms with E-state index in [1.165, 1.54) is 0 Å². The molecular weight excluding hydrogens is 244 g/mol. The van der Waals surface area contributed by atoms with Gasteiger partial charge in [0.05, 0.1) is 19.8 Å². The molecule has 104 valence electrons. The zero-order valence-electron chi connectivity index (χ0n) is 11.4. The van der Waals surface area contributed by atoms with Gasteiger partial charge in [0.1, 0.15) is 11.5 Å². The number of amides is 1. The Labute approximate surface area is 113 Å². The fraction of sp³-hybridized carbons (Fsp3) is 0.500. The molecule has 0 aromatic heterocycles. The number of benzene rings is 1. The van der Waals surface area contributed by atoms with Gasteiger partial charge in [0.15, 0.2) is 0 Å². The van der Waals surface area contributed by atoms with Gasteiger partial charge < -0.3 is 20.5 Å². The van der Waals surface area contributed by atoms with Gasteiger partial charge in [-0.3, -0.25) is 4.79 Å². The third kappa shape index (κ3) is 2.81. The quantitative estimate of drug-likeness (QED) is 0.838. The van der Waals surface area contributed by atoms with Crippen molar-refractivity contribution in [2.24, 2.45) is 5.73 Å². The molecule has 1 aromatic carbocycles. The van der Waals surface area contributed by atoms with E-state index in [0.717, 1.165) is 30.6 Å². The van der Waals surface area contributed by atoms with Crippen LogP contribution in [0.5, 0.6) is 11.5 Å². The van der Waals surface area contributed by atoms with Gasteiger partial charge in [-0.05, 0) is 31.4 Å². The van der Waals surface area contributed by atoms with Crippen LogP contribution in [0.1, 0.15) is 24.8 Å². The van der Waals surface area contributed by atoms with Crippen LogP contribution in [0.4, 0.5) is 0 Å². The van der Waals surface area contributed by atoms with Gasteiger partial charge in [0.2, 0.25) is 5.91 Å². The Morgan fingerprint density at radius 1 is 1.37 bits per heavy atom. The molecule has 0 atom stereocenters. The average Bonchev–Trinajstić information content (AvgIpc) is 2.41. The lowest BCUT2D eigenvalue weighted by atomic mass is 9.77. The zero-order chi connectivity index (χ0) is 13.9. The molecule has 0 bridgehead atoms. The molecule has 5 heteroatoms. The summed E-state index contributed by atoms with van der Waals surface area (Å²) in [6, 6.07) is 5.51. The molecule has 0 heterocycles. The van der Waals surface area contributed by atoms with Crippen LogP contribution in [-0.4, -0.2) is 25.7 Å². The van der Waals surface area contributed by atoms with Crippen molar-refractivity contribution < 1.29 is 14.3 Å². The molecule has 0 aliphatic heterocycles. The van der Waals surface area contributed by atoms with E-state index in [2.05, 4.69) is 5.32 Å². The highest BCUT2D eigenvalue weighted by Gasteiger charge is 2.39. The Morgan fingerprint density at radius 3 is 2.63 bits per heavy atom. The van der Waals surface area contributed by atoms with Crippen molar-refractivity contribution in [2.45, 2.75) is 31.3 Å². The smallest absolute Gasteiger partial charge is 0.240 e. The first-order valence-electron chi connectivity index (χ1n) is 6.37. The maximum Gasteiger partial charge on any atom is 0.240 e. The predicted octanol–water partition coefficient (Wildman–Crippen LogP) is 1.20. The van der Waals surface area contributed by atoms with Crippen molar-refractivity contribution in [3.05, 3.63) is 23.8 Å². The van der Waals surface area contributed by atoms with Gasteiger partial charge in [-0.25, -0.2) is 0 Å². The molecule has 1 aliphatic carbocycles. The second-order valence-corrected chi connectivity index (χ2v) is 4.87. The summed E-state index contributed by atoms with van der Waals surface area (Å²) < 4.78 is 10.4. The summed E-state index contributed by atoms with van der Waals surface area (Å²) in [7, 11) is 3.20.